The van der Waals surface area contributed by atoms with E-state index in [-0.39, 0.29) is 11.6 Å². The van der Waals surface area contributed by atoms with Crippen molar-refractivity contribution in [1.82, 2.24) is 15.3 Å². The molecule has 3 N–H and O–H groups in total. The van der Waals surface area contributed by atoms with Crippen LogP contribution < -0.4 is 16.0 Å². The lowest BCUT2D eigenvalue weighted by Crippen LogP contribution is -2.21. The Morgan fingerprint density at radius 1 is 0.613 bits per heavy atom. The zero-order chi connectivity index (χ0) is 21.5. The molecule has 5 nitrogen and oxygen atoms in total. The van der Waals surface area contributed by atoms with E-state index < -0.39 is 0 Å². The molecule has 0 spiro atoms. The molecule has 2 aromatic heterocycles. The third kappa shape index (κ3) is 5.44. The van der Waals surface area contributed by atoms with E-state index >= 15 is 0 Å². The van der Waals surface area contributed by atoms with Crippen molar-refractivity contribution in [1.29, 1.82) is 0 Å². The molecule has 0 bridgehead atoms. The number of hydrogen-bond acceptors (Lipinski definition) is 5. The highest BCUT2D eigenvalue weighted by molar-refractivity contribution is 5.91. The highest BCUT2D eigenvalue weighted by atomic mass is 19.1. The van der Waals surface area contributed by atoms with Gasteiger partial charge in [0.2, 0.25) is 0 Å². The molecule has 0 fully saturated rings. The first-order valence-corrected chi connectivity index (χ1v) is 10.5. The SMILES string of the molecule is Fc1ccc2c(NCCCNCCCNc3ccnc4cc(F)ccc34)ccnc2c1. The zero-order valence-corrected chi connectivity index (χ0v) is 17.2. The summed E-state index contributed by atoms with van der Waals surface area (Å²) in [6.45, 7) is 3.45. The van der Waals surface area contributed by atoms with Gasteiger partial charge in [0.1, 0.15) is 11.6 Å². The normalized spacial score (nSPS) is 11.2. The van der Waals surface area contributed by atoms with Gasteiger partial charge in [-0.15, -0.1) is 0 Å². The van der Waals surface area contributed by atoms with Crippen molar-refractivity contribution in [3.8, 4) is 0 Å². The van der Waals surface area contributed by atoms with Gasteiger partial charge in [0.15, 0.2) is 0 Å². The molecule has 31 heavy (non-hydrogen) atoms. The van der Waals surface area contributed by atoms with Crippen LogP contribution in [0.1, 0.15) is 12.8 Å². The number of nitrogens with zero attached hydrogens (tertiary/aromatic N) is 2. The third-order valence-electron chi connectivity index (χ3n) is 5.10. The van der Waals surface area contributed by atoms with Gasteiger partial charge in [-0.2, -0.15) is 0 Å². The largest absolute Gasteiger partial charge is 0.384 e. The Morgan fingerprint density at radius 2 is 1.10 bits per heavy atom. The lowest BCUT2D eigenvalue weighted by atomic mass is 10.2. The molecule has 2 aromatic carbocycles. The number of hydrogen-bond donors (Lipinski definition) is 3. The van der Waals surface area contributed by atoms with Crippen LogP contribution in [0.5, 0.6) is 0 Å². The van der Waals surface area contributed by atoms with Crippen molar-refractivity contribution in [2.24, 2.45) is 0 Å². The summed E-state index contributed by atoms with van der Waals surface area (Å²) in [5, 5.41) is 12.1. The van der Waals surface area contributed by atoms with E-state index in [0.717, 1.165) is 61.2 Å². The van der Waals surface area contributed by atoms with Gasteiger partial charge in [0.25, 0.3) is 0 Å². The van der Waals surface area contributed by atoms with Crippen LogP contribution >= 0.6 is 0 Å². The Kier molecular flexibility index (Phi) is 6.84. The summed E-state index contributed by atoms with van der Waals surface area (Å²) < 4.78 is 26.7. The summed E-state index contributed by atoms with van der Waals surface area (Å²) in [4.78, 5) is 8.43. The first-order chi connectivity index (χ1) is 15.2. The van der Waals surface area contributed by atoms with Gasteiger partial charge >= 0.3 is 0 Å². The Bertz CT molecular complexity index is 1070. The second kappa shape index (κ2) is 10.1. The van der Waals surface area contributed by atoms with Crippen LogP contribution in [0.2, 0.25) is 0 Å². The zero-order valence-electron chi connectivity index (χ0n) is 17.2. The van der Waals surface area contributed by atoms with Gasteiger partial charge in [0.05, 0.1) is 11.0 Å². The molecule has 0 unspecified atom stereocenters. The topological polar surface area (TPSA) is 61.9 Å². The van der Waals surface area contributed by atoms with Gasteiger partial charge in [-0.05, 0) is 62.3 Å². The number of benzene rings is 2. The molecule has 4 rings (SSSR count). The molecule has 0 saturated carbocycles. The Labute approximate surface area is 179 Å². The first-order valence-electron chi connectivity index (χ1n) is 10.5. The molecule has 0 radical (unpaired) electrons. The number of halogens is 2. The number of aromatic nitrogens is 2. The summed E-state index contributed by atoms with van der Waals surface area (Å²) in [7, 11) is 0. The maximum absolute atomic E-state index is 13.3. The monoisotopic (exact) mass is 421 g/mol. The average molecular weight is 421 g/mol. The van der Waals surface area contributed by atoms with E-state index in [1.165, 1.54) is 24.3 Å². The van der Waals surface area contributed by atoms with Gasteiger partial charge in [0, 0.05) is 59.8 Å². The molecular formula is C24H25F2N5. The van der Waals surface area contributed by atoms with Crippen molar-refractivity contribution in [2.75, 3.05) is 36.8 Å². The van der Waals surface area contributed by atoms with Crippen molar-refractivity contribution >= 4 is 33.2 Å². The smallest absolute Gasteiger partial charge is 0.125 e. The molecule has 0 atom stereocenters. The first kappa shape index (κ1) is 20.9. The molecule has 7 heteroatoms. The number of anilines is 2. The second-order valence-corrected chi connectivity index (χ2v) is 7.35. The molecule has 0 aliphatic heterocycles. The lowest BCUT2D eigenvalue weighted by molar-refractivity contribution is 0.629. The fourth-order valence-corrected chi connectivity index (χ4v) is 3.55. The minimum absolute atomic E-state index is 0.276. The van der Waals surface area contributed by atoms with Gasteiger partial charge in [-0.3, -0.25) is 9.97 Å². The van der Waals surface area contributed by atoms with E-state index in [2.05, 4.69) is 25.9 Å². The molecular weight excluding hydrogens is 396 g/mol. The van der Waals surface area contributed by atoms with Gasteiger partial charge in [-0.1, -0.05) is 0 Å². The van der Waals surface area contributed by atoms with Crippen molar-refractivity contribution in [3.63, 3.8) is 0 Å². The van der Waals surface area contributed by atoms with E-state index in [4.69, 9.17) is 0 Å². The average Bonchev–Trinajstić information content (AvgIpc) is 2.77. The van der Waals surface area contributed by atoms with Crippen LogP contribution in [0.4, 0.5) is 20.2 Å². The Balaban J connectivity index is 1.14. The fourth-order valence-electron chi connectivity index (χ4n) is 3.55. The second-order valence-electron chi connectivity index (χ2n) is 7.35. The van der Waals surface area contributed by atoms with Crippen LogP contribution in [-0.2, 0) is 0 Å². The summed E-state index contributed by atoms with van der Waals surface area (Å²) in [6, 6.07) is 13.1. The number of fused-ring (bicyclic) bond motifs is 2. The van der Waals surface area contributed by atoms with Gasteiger partial charge in [-0.25, -0.2) is 8.78 Å². The number of rotatable bonds is 10. The summed E-state index contributed by atoms with van der Waals surface area (Å²) in [5.74, 6) is -0.552. The predicted molar refractivity (Wildman–Crippen MR) is 122 cm³/mol. The highest BCUT2D eigenvalue weighted by Gasteiger charge is 2.04. The standard InChI is InChI=1S/C24H25F2N5/c25-17-3-5-19-21(7-13-30-23(19)15-17)28-11-1-9-27-10-2-12-29-22-8-14-31-24-16-18(26)4-6-20(22)24/h3-8,13-16,27H,1-2,9-12H2,(H,28,30)(H,29,31). The summed E-state index contributed by atoms with van der Waals surface area (Å²) in [5.41, 5.74) is 3.25. The predicted octanol–water partition coefficient (Wildman–Crippen LogP) is 4.96. The van der Waals surface area contributed by atoms with Crippen LogP contribution in [0.25, 0.3) is 21.8 Å². The van der Waals surface area contributed by atoms with Gasteiger partial charge < -0.3 is 16.0 Å². The van der Waals surface area contributed by atoms with E-state index in [1.807, 2.05) is 12.1 Å². The number of nitrogens with one attached hydrogen (secondary N) is 3. The van der Waals surface area contributed by atoms with Crippen molar-refractivity contribution in [2.45, 2.75) is 12.8 Å². The Morgan fingerprint density at radius 3 is 1.58 bits per heavy atom. The lowest BCUT2D eigenvalue weighted by Gasteiger charge is -2.11. The maximum Gasteiger partial charge on any atom is 0.125 e. The molecule has 160 valence electrons. The molecule has 2 heterocycles. The van der Waals surface area contributed by atoms with Crippen LogP contribution in [0.15, 0.2) is 60.9 Å². The van der Waals surface area contributed by atoms with Crippen LogP contribution in [-0.4, -0.2) is 36.1 Å². The fraction of sp³-hybridized carbons (Fsp3) is 0.250. The quantitative estimate of drug-likeness (QED) is 0.316. The van der Waals surface area contributed by atoms with Crippen molar-refractivity contribution < 1.29 is 8.78 Å². The molecule has 0 aliphatic carbocycles. The van der Waals surface area contributed by atoms with Crippen LogP contribution in [0, 0.1) is 11.6 Å². The highest BCUT2D eigenvalue weighted by Crippen LogP contribution is 2.23. The minimum atomic E-state index is -0.276. The molecule has 4 aromatic rings. The maximum atomic E-state index is 13.3. The summed E-state index contributed by atoms with van der Waals surface area (Å²) >= 11 is 0. The van der Waals surface area contributed by atoms with Crippen molar-refractivity contribution in [3.05, 3.63) is 72.6 Å². The summed E-state index contributed by atoms with van der Waals surface area (Å²) in [6.07, 6.45) is 5.33. The van der Waals surface area contributed by atoms with Crippen LogP contribution in [0.3, 0.4) is 0 Å². The van der Waals surface area contributed by atoms with E-state index in [9.17, 15) is 8.78 Å². The molecule has 0 saturated heterocycles. The third-order valence-corrected chi connectivity index (χ3v) is 5.10. The molecule has 0 amide bonds. The minimum Gasteiger partial charge on any atom is -0.384 e. The number of pyridine rings is 2. The van der Waals surface area contributed by atoms with E-state index in [0.29, 0.717) is 11.0 Å². The molecule has 0 aliphatic rings. The Hall–Kier alpha value is -3.32. The van der Waals surface area contributed by atoms with E-state index in [1.54, 1.807) is 24.5 Å².